The van der Waals surface area contributed by atoms with Gasteiger partial charge in [0.1, 0.15) is 17.9 Å². The molecule has 0 saturated heterocycles. The van der Waals surface area contributed by atoms with Gasteiger partial charge < -0.3 is 19.3 Å². The van der Waals surface area contributed by atoms with Crippen molar-refractivity contribution in [1.29, 1.82) is 0 Å². The second-order valence-corrected chi connectivity index (χ2v) is 7.30. The first-order valence-electron chi connectivity index (χ1n) is 9.31. The molecule has 1 heterocycles. The minimum Gasteiger partial charge on any atom is -0.491 e. The first kappa shape index (κ1) is 20.7. The molecule has 1 aliphatic rings. The third-order valence-corrected chi connectivity index (χ3v) is 3.39. The Labute approximate surface area is 160 Å². The second-order valence-electron chi connectivity index (χ2n) is 7.30. The van der Waals surface area contributed by atoms with Crippen LogP contribution >= 0.6 is 0 Å². The largest absolute Gasteiger partial charge is 0.491 e. The fraction of sp³-hybridized carbons (Fsp3) is 0.550. The maximum absolute atomic E-state index is 11.7. The van der Waals surface area contributed by atoms with Crippen molar-refractivity contribution in [3.63, 3.8) is 0 Å². The molecule has 148 valence electrons. The van der Waals surface area contributed by atoms with Gasteiger partial charge in [0.2, 0.25) is 11.7 Å². The number of aromatic nitrogens is 2. The number of hydrogen-bond donors (Lipinski definition) is 1. The lowest BCUT2D eigenvalue weighted by Gasteiger charge is -2.19. The lowest BCUT2D eigenvalue weighted by molar-refractivity contribution is 0.0518. The number of carbonyl (C=O) groups is 1. The van der Waals surface area contributed by atoms with Gasteiger partial charge in [-0.15, -0.1) is 0 Å². The van der Waals surface area contributed by atoms with Gasteiger partial charge >= 0.3 is 6.09 Å². The average molecular weight is 375 g/mol. The van der Waals surface area contributed by atoms with Gasteiger partial charge in [0.25, 0.3) is 0 Å². The lowest BCUT2D eigenvalue weighted by atomic mass is 10.2. The molecular formula is C20H29N3O4. The summed E-state index contributed by atoms with van der Waals surface area (Å²) in [4.78, 5) is 16.1. The van der Waals surface area contributed by atoms with Crippen LogP contribution in [0.2, 0.25) is 0 Å². The van der Waals surface area contributed by atoms with Crippen LogP contribution in [0, 0.1) is 0 Å². The Morgan fingerprint density at radius 1 is 1.37 bits per heavy atom. The van der Waals surface area contributed by atoms with Gasteiger partial charge in [0.05, 0.1) is 6.10 Å². The summed E-state index contributed by atoms with van der Waals surface area (Å²) in [5.74, 6) is 1.55. The van der Waals surface area contributed by atoms with Crippen LogP contribution in [0.1, 0.15) is 65.6 Å². The summed E-state index contributed by atoms with van der Waals surface area (Å²) in [5, 5.41) is 6.62. The van der Waals surface area contributed by atoms with Crippen LogP contribution in [-0.4, -0.2) is 27.9 Å². The highest BCUT2D eigenvalue weighted by Crippen LogP contribution is 2.28. The maximum Gasteiger partial charge on any atom is 0.408 e. The Balaban J connectivity index is 2.06. The summed E-state index contributed by atoms with van der Waals surface area (Å²) in [6.45, 7) is 9.49. The number of allylic oxidation sites excluding steroid dienone is 5. The van der Waals surface area contributed by atoms with E-state index in [9.17, 15) is 4.79 Å². The van der Waals surface area contributed by atoms with E-state index in [1.54, 1.807) is 20.8 Å². The van der Waals surface area contributed by atoms with Crippen molar-refractivity contribution in [2.24, 2.45) is 0 Å². The molecule has 1 N–H and O–H groups in total. The molecule has 0 aromatic carbocycles. The third kappa shape index (κ3) is 7.68. The second kappa shape index (κ2) is 9.39. The Hall–Kier alpha value is -2.57. The number of carbonyl (C=O) groups excluding carboxylic acids is 1. The number of amides is 1. The SMILES string of the molecule is C\C=C/C(=C\C(=C\CC)OC1CC1)c1noc(CNC(=O)OC(C)(C)C)n1. The molecule has 1 amide bonds. The Morgan fingerprint density at radius 2 is 2.11 bits per heavy atom. The molecule has 0 bridgehead atoms. The van der Waals surface area contributed by atoms with Crippen molar-refractivity contribution in [1.82, 2.24) is 15.5 Å². The predicted octanol–water partition coefficient (Wildman–Crippen LogP) is 4.53. The normalized spacial score (nSPS) is 15.9. The average Bonchev–Trinajstić information content (AvgIpc) is 3.25. The summed E-state index contributed by atoms with van der Waals surface area (Å²) in [7, 11) is 0. The number of ether oxygens (including phenoxy) is 2. The summed E-state index contributed by atoms with van der Waals surface area (Å²) in [6.07, 6.45) is 10.6. The van der Waals surface area contributed by atoms with Crippen LogP contribution in [-0.2, 0) is 16.0 Å². The van der Waals surface area contributed by atoms with Gasteiger partial charge in [-0.2, -0.15) is 4.98 Å². The van der Waals surface area contributed by atoms with Crippen molar-refractivity contribution in [3.8, 4) is 0 Å². The molecule has 1 fully saturated rings. The zero-order valence-corrected chi connectivity index (χ0v) is 16.7. The van der Waals surface area contributed by atoms with E-state index in [2.05, 4.69) is 22.4 Å². The summed E-state index contributed by atoms with van der Waals surface area (Å²) in [6, 6.07) is 0. The number of nitrogens with one attached hydrogen (secondary N) is 1. The monoisotopic (exact) mass is 375 g/mol. The molecule has 0 atom stereocenters. The Morgan fingerprint density at radius 3 is 2.70 bits per heavy atom. The van der Waals surface area contributed by atoms with E-state index in [0.29, 0.717) is 17.8 Å². The fourth-order valence-electron chi connectivity index (χ4n) is 2.15. The number of rotatable bonds is 8. The van der Waals surface area contributed by atoms with Crippen LogP contribution in [0.5, 0.6) is 0 Å². The van der Waals surface area contributed by atoms with E-state index < -0.39 is 11.7 Å². The van der Waals surface area contributed by atoms with Gasteiger partial charge in [0, 0.05) is 5.57 Å². The van der Waals surface area contributed by atoms with Crippen molar-refractivity contribution in [3.05, 3.63) is 41.8 Å². The van der Waals surface area contributed by atoms with Crippen molar-refractivity contribution in [2.75, 3.05) is 0 Å². The van der Waals surface area contributed by atoms with Crippen LogP contribution in [0.4, 0.5) is 4.79 Å². The zero-order valence-electron chi connectivity index (χ0n) is 16.7. The van der Waals surface area contributed by atoms with Crippen LogP contribution in [0.25, 0.3) is 5.57 Å². The standard InChI is InChI=1S/C20H29N3O4/c1-6-8-14(12-16(9-7-2)25-15-10-11-15)18-22-17(27-23-18)13-21-19(24)26-20(3,4)5/h6,8-9,12,15H,7,10-11,13H2,1-5H3,(H,21,24)/b8-6-,14-12+,16-9-. The lowest BCUT2D eigenvalue weighted by Crippen LogP contribution is -2.32. The molecule has 1 aromatic heterocycles. The molecule has 1 saturated carbocycles. The molecule has 1 aromatic rings. The summed E-state index contributed by atoms with van der Waals surface area (Å²) >= 11 is 0. The summed E-state index contributed by atoms with van der Waals surface area (Å²) < 4.78 is 16.4. The van der Waals surface area contributed by atoms with Crippen LogP contribution in [0.15, 0.2) is 34.6 Å². The van der Waals surface area contributed by atoms with Gasteiger partial charge in [0.15, 0.2) is 0 Å². The highest BCUT2D eigenvalue weighted by molar-refractivity contribution is 5.71. The highest BCUT2D eigenvalue weighted by Gasteiger charge is 2.24. The first-order chi connectivity index (χ1) is 12.8. The minimum absolute atomic E-state index is 0.0985. The number of alkyl carbamates (subject to hydrolysis) is 1. The third-order valence-electron chi connectivity index (χ3n) is 3.39. The first-order valence-corrected chi connectivity index (χ1v) is 9.31. The van der Waals surface area contributed by atoms with Crippen molar-refractivity contribution >= 4 is 11.7 Å². The zero-order chi connectivity index (χ0) is 19.9. The molecule has 0 unspecified atom stereocenters. The molecule has 7 heteroatoms. The maximum atomic E-state index is 11.7. The van der Waals surface area contributed by atoms with Crippen molar-refractivity contribution in [2.45, 2.75) is 72.1 Å². The van der Waals surface area contributed by atoms with E-state index in [4.69, 9.17) is 14.0 Å². The fourth-order valence-corrected chi connectivity index (χ4v) is 2.15. The minimum atomic E-state index is -0.560. The van der Waals surface area contributed by atoms with Crippen LogP contribution < -0.4 is 5.32 Å². The van der Waals surface area contributed by atoms with Gasteiger partial charge in [-0.05, 0) is 59.1 Å². The smallest absolute Gasteiger partial charge is 0.408 e. The molecule has 1 aliphatic carbocycles. The molecule has 2 rings (SSSR count). The molecule has 0 aliphatic heterocycles. The topological polar surface area (TPSA) is 86.5 Å². The van der Waals surface area contributed by atoms with E-state index in [-0.39, 0.29) is 6.54 Å². The van der Waals surface area contributed by atoms with Gasteiger partial charge in [-0.1, -0.05) is 24.2 Å². The highest BCUT2D eigenvalue weighted by atomic mass is 16.6. The molecule has 0 radical (unpaired) electrons. The quantitative estimate of drug-likeness (QED) is 0.531. The number of hydrogen-bond acceptors (Lipinski definition) is 6. The number of nitrogens with zero attached hydrogens (tertiary/aromatic N) is 2. The van der Waals surface area contributed by atoms with E-state index in [0.717, 1.165) is 30.6 Å². The van der Waals surface area contributed by atoms with E-state index in [1.807, 2.05) is 31.2 Å². The van der Waals surface area contributed by atoms with Crippen LogP contribution in [0.3, 0.4) is 0 Å². The van der Waals surface area contributed by atoms with E-state index >= 15 is 0 Å². The predicted molar refractivity (Wildman–Crippen MR) is 103 cm³/mol. The Bertz CT molecular complexity index is 722. The van der Waals surface area contributed by atoms with Gasteiger partial charge in [-0.25, -0.2) is 4.79 Å². The molecule has 7 nitrogen and oxygen atoms in total. The Kier molecular flexibility index (Phi) is 7.21. The van der Waals surface area contributed by atoms with Crippen molar-refractivity contribution < 1.29 is 18.8 Å². The molecular weight excluding hydrogens is 346 g/mol. The van der Waals surface area contributed by atoms with E-state index in [1.165, 1.54) is 0 Å². The van der Waals surface area contributed by atoms with Gasteiger partial charge in [-0.3, -0.25) is 0 Å². The molecule has 27 heavy (non-hydrogen) atoms. The summed E-state index contributed by atoms with van der Waals surface area (Å²) in [5.41, 5.74) is 0.222. The molecule has 0 spiro atoms.